The molecule has 0 fully saturated rings. The molecule has 0 aliphatic heterocycles. The number of carboxylic acids is 1. The Morgan fingerprint density at radius 3 is 1.51 bits per heavy atom. The second kappa shape index (κ2) is 31.8. The van der Waals surface area contributed by atoms with Gasteiger partial charge >= 0.3 is 11.9 Å². The van der Waals surface area contributed by atoms with Gasteiger partial charge in [-0.2, -0.15) is 0 Å². The predicted octanol–water partition coefficient (Wildman–Crippen LogP) is 7.76. The van der Waals surface area contributed by atoms with Crippen LogP contribution in [0.2, 0.25) is 0 Å². The lowest BCUT2D eigenvalue weighted by atomic mass is 10.0. The number of carbonyl (C=O) groups excluding carboxylic acids is 3. The van der Waals surface area contributed by atoms with E-state index < -0.39 is 24.5 Å². The molecule has 2 atom stereocenters. The van der Waals surface area contributed by atoms with Gasteiger partial charge in [-0.05, 0) is 32.1 Å². The van der Waals surface area contributed by atoms with Gasteiger partial charge in [0, 0.05) is 12.8 Å². The zero-order valence-electron chi connectivity index (χ0n) is 28.9. The summed E-state index contributed by atoms with van der Waals surface area (Å²) >= 11 is 0. The van der Waals surface area contributed by atoms with Crippen molar-refractivity contribution in [3.05, 3.63) is 0 Å². The van der Waals surface area contributed by atoms with Crippen LogP contribution in [0.15, 0.2) is 0 Å². The lowest BCUT2D eigenvalue weighted by Gasteiger charge is -2.18. The van der Waals surface area contributed by atoms with Crippen LogP contribution in [0.3, 0.4) is 0 Å². The molecule has 0 rings (SSSR count). The summed E-state index contributed by atoms with van der Waals surface area (Å²) in [5.41, 5.74) is 0. The fraction of sp³-hybridized carbons (Fsp3) is 0.889. The van der Waals surface area contributed by atoms with E-state index in [0.717, 1.165) is 51.4 Å². The monoisotopic (exact) mass is 641 g/mol. The summed E-state index contributed by atoms with van der Waals surface area (Å²) in [6.07, 6.45) is 29.1. The van der Waals surface area contributed by atoms with Crippen LogP contribution in [0.4, 0.5) is 0 Å². The molecule has 9 nitrogen and oxygen atoms in total. The third kappa shape index (κ3) is 29.0. The van der Waals surface area contributed by atoms with Crippen molar-refractivity contribution in [1.29, 1.82) is 0 Å². The average molecular weight is 641 g/mol. The van der Waals surface area contributed by atoms with Crippen molar-refractivity contribution >= 4 is 23.8 Å². The molecule has 0 aliphatic rings. The molecule has 9 heteroatoms. The number of ether oxygens (including phenoxy) is 1. The number of hydrogen-bond donors (Lipinski definition) is 4. The third-order valence-electron chi connectivity index (χ3n) is 8.35. The predicted molar refractivity (Wildman–Crippen MR) is 181 cm³/mol. The van der Waals surface area contributed by atoms with Gasteiger partial charge in [0.05, 0.1) is 13.2 Å². The topological polar surface area (TPSA) is 142 Å². The molecule has 0 heterocycles. The summed E-state index contributed by atoms with van der Waals surface area (Å²) in [6, 6.07) is -1.39. The summed E-state index contributed by atoms with van der Waals surface area (Å²) in [5.74, 6) is -2.39. The highest BCUT2D eigenvalue weighted by molar-refractivity contribution is 5.87. The lowest BCUT2D eigenvalue weighted by molar-refractivity contribution is -0.150. The minimum Gasteiger partial charge on any atom is -0.480 e. The maximum Gasteiger partial charge on any atom is 0.328 e. The van der Waals surface area contributed by atoms with Crippen LogP contribution in [0.25, 0.3) is 0 Å². The van der Waals surface area contributed by atoms with Crippen molar-refractivity contribution in [3.63, 3.8) is 0 Å². The molecule has 0 bridgehead atoms. The van der Waals surface area contributed by atoms with E-state index in [4.69, 9.17) is 14.9 Å². The minimum absolute atomic E-state index is 0.0746. The van der Waals surface area contributed by atoms with Gasteiger partial charge in [0.2, 0.25) is 11.8 Å². The van der Waals surface area contributed by atoms with E-state index in [1.165, 1.54) is 96.3 Å². The highest BCUT2D eigenvalue weighted by atomic mass is 16.5. The van der Waals surface area contributed by atoms with E-state index in [2.05, 4.69) is 24.5 Å². The highest BCUT2D eigenvalue weighted by Gasteiger charge is 2.19. The summed E-state index contributed by atoms with van der Waals surface area (Å²) in [5, 5.41) is 22.4. The second-order valence-corrected chi connectivity index (χ2v) is 12.7. The second-order valence-electron chi connectivity index (χ2n) is 12.7. The zero-order chi connectivity index (χ0) is 33.4. The number of amides is 2. The molecule has 0 saturated heterocycles. The van der Waals surface area contributed by atoms with Crippen LogP contribution < -0.4 is 10.6 Å². The molecule has 45 heavy (non-hydrogen) atoms. The summed E-state index contributed by atoms with van der Waals surface area (Å²) in [4.78, 5) is 47.0. The summed E-state index contributed by atoms with van der Waals surface area (Å²) < 4.78 is 5.81. The SMILES string of the molecule is CCCCCCCCCCCCCCCCCCCC(=O)OC(CCCC)CCCCCC(=O)NCC(=O)NC(CO)C(=O)O. The molecular weight excluding hydrogens is 572 g/mol. The van der Waals surface area contributed by atoms with Gasteiger partial charge in [0.1, 0.15) is 12.1 Å². The fourth-order valence-corrected chi connectivity index (χ4v) is 5.47. The van der Waals surface area contributed by atoms with Gasteiger partial charge in [-0.1, -0.05) is 136 Å². The normalized spacial score (nSPS) is 12.4. The molecule has 0 aliphatic carbocycles. The molecular formula is C36H68N2O7. The third-order valence-corrected chi connectivity index (χ3v) is 8.35. The van der Waals surface area contributed by atoms with Crippen molar-refractivity contribution in [1.82, 2.24) is 10.6 Å². The molecule has 0 aromatic carbocycles. The Morgan fingerprint density at radius 1 is 0.578 bits per heavy atom. The van der Waals surface area contributed by atoms with E-state index >= 15 is 0 Å². The van der Waals surface area contributed by atoms with Gasteiger partial charge in [-0.3, -0.25) is 14.4 Å². The van der Waals surface area contributed by atoms with E-state index in [1.54, 1.807) is 0 Å². The standard InChI is InChI=1S/C36H68N2O7/c1-3-5-7-8-9-10-11-12-13-14-15-16-17-18-19-20-24-28-35(42)45-31(25-6-4-2)26-22-21-23-27-33(40)37-29-34(41)38-32(30-39)36(43)44/h31-32,39H,3-30H2,1-2H3,(H,37,40)(H,38,41)(H,43,44). The molecule has 0 radical (unpaired) electrons. The molecule has 0 spiro atoms. The number of carbonyl (C=O) groups is 4. The van der Waals surface area contributed by atoms with Crippen LogP contribution in [0.5, 0.6) is 0 Å². The minimum atomic E-state index is -1.39. The molecule has 0 aromatic rings. The largest absolute Gasteiger partial charge is 0.480 e. The zero-order valence-corrected chi connectivity index (χ0v) is 28.9. The molecule has 0 aromatic heterocycles. The first-order valence-electron chi connectivity index (χ1n) is 18.4. The van der Waals surface area contributed by atoms with Gasteiger partial charge in [-0.15, -0.1) is 0 Å². The van der Waals surface area contributed by atoms with Crippen LogP contribution in [0, 0.1) is 0 Å². The average Bonchev–Trinajstić information content (AvgIpc) is 3.02. The molecule has 2 amide bonds. The molecule has 2 unspecified atom stereocenters. The first kappa shape index (κ1) is 42.8. The maximum absolute atomic E-state index is 12.5. The van der Waals surface area contributed by atoms with E-state index in [0.29, 0.717) is 12.8 Å². The quantitative estimate of drug-likeness (QED) is 0.0424. The number of carboxylic acid groups (broad SMARTS) is 1. The van der Waals surface area contributed by atoms with Crippen molar-refractivity contribution in [3.8, 4) is 0 Å². The van der Waals surface area contributed by atoms with E-state index in [-0.39, 0.29) is 30.9 Å². The Labute approximate surface area is 274 Å². The van der Waals surface area contributed by atoms with Crippen LogP contribution in [0.1, 0.15) is 181 Å². The van der Waals surface area contributed by atoms with Gasteiger partial charge in [-0.25, -0.2) is 4.79 Å². The maximum atomic E-state index is 12.5. The number of aliphatic hydroxyl groups excluding tert-OH is 1. The number of nitrogens with one attached hydrogen (secondary N) is 2. The van der Waals surface area contributed by atoms with Crippen molar-refractivity contribution < 1.29 is 34.1 Å². The van der Waals surface area contributed by atoms with Crippen LogP contribution in [-0.2, 0) is 23.9 Å². The number of rotatable bonds is 33. The highest BCUT2D eigenvalue weighted by Crippen LogP contribution is 2.17. The number of unbranched alkanes of at least 4 members (excludes halogenated alkanes) is 19. The van der Waals surface area contributed by atoms with Crippen molar-refractivity contribution in [2.45, 2.75) is 193 Å². The fourth-order valence-electron chi connectivity index (χ4n) is 5.47. The van der Waals surface area contributed by atoms with Crippen LogP contribution in [-0.4, -0.2) is 59.3 Å². The molecule has 264 valence electrons. The Balaban J connectivity index is 3.82. The lowest BCUT2D eigenvalue weighted by Crippen LogP contribution is -2.47. The van der Waals surface area contributed by atoms with Gasteiger partial charge in [0.15, 0.2) is 0 Å². The number of esters is 1. The first-order valence-corrected chi connectivity index (χ1v) is 18.4. The molecule has 4 N–H and O–H groups in total. The Kier molecular flexibility index (Phi) is 30.3. The number of hydrogen-bond acceptors (Lipinski definition) is 6. The number of aliphatic carboxylic acids is 1. The van der Waals surface area contributed by atoms with E-state index in [1.807, 2.05) is 0 Å². The smallest absolute Gasteiger partial charge is 0.328 e. The van der Waals surface area contributed by atoms with Gasteiger partial charge in [0.25, 0.3) is 0 Å². The Hall–Kier alpha value is -2.16. The van der Waals surface area contributed by atoms with Crippen LogP contribution >= 0.6 is 0 Å². The van der Waals surface area contributed by atoms with Gasteiger partial charge < -0.3 is 25.6 Å². The number of aliphatic hydroxyl groups is 1. The van der Waals surface area contributed by atoms with Crippen molar-refractivity contribution in [2.75, 3.05) is 13.2 Å². The van der Waals surface area contributed by atoms with Crippen molar-refractivity contribution in [2.24, 2.45) is 0 Å². The first-order chi connectivity index (χ1) is 21.8. The van der Waals surface area contributed by atoms with E-state index in [9.17, 15) is 19.2 Å². The Morgan fingerprint density at radius 2 is 1.02 bits per heavy atom. The summed E-state index contributed by atoms with van der Waals surface area (Å²) in [7, 11) is 0. The molecule has 0 saturated carbocycles. The Bertz CT molecular complexity index is 747. The summed E-state index contributed by atoms with van der Waals surface area (Å²) in [6.45, 7) is 3.34.